The van der Waals surface area contributed by atoms with Gasteiger partial charge >= 0.3 is 0 Å². The van der Waals surface area contributed by atoms with Crippen molar-refractivity contribution in [1.29, 1.82) is 0 Å². The van der Waals surface area contributed by atoms with Crippen molar-refractivity contribution in [1.82, 2.24) is 9.80 Å². The fourth-order valence-corrected chi connectivity index (χ4v) is 5.93. The van der Waals surface area contributed by atoms with Gasteiger partial charge in [-0.05, 0) is 13.8 Å². The van der Waals surface area contributed by atoms with Crippen LogP contribution >= 0.6 is 23.5 Å². The van der Waals surface area contributed by atoms with E-state index in [0.29, 0.717) is 9.80 Å². The van der Waals surface area contributed by atoms with Crippen LogP contribution in [0.3, 0.4) is 0 Å². The van der Waals surface area contributed by atoms with Crippen LogP contribution in [0.4, 0.5) is 0 Å². The summed E-state index contributed by atoms with van der Waals surface area (Å²) in [7, 11) is 3.28. The zero-order valence-electron chi connectivity index (χ0n) is 13.9. The Hall–Kier alpha value is -1.73. The molecule has 2 atom stereocenters. The highest BCUT2D eigenvalue weighted by Crippen LogP contribution is 2.55. The second kappa shape index (κ2) is 5.67. The second-order valence-electron chi connectivity index (χ2n) is 6.09. The number of rotatable bonds is 2. The topological polar surface area (TPSA) is 57.7 Å². The number of hydrogen-bond donors (Lipinski definition) is 0. The Morgan fingerprint density at radius 3 is 1.88 bits per heavy atom. The van der Waals surface area contributed by atoms with Gasteiger partial charge < -0.3 is 9.80 Å². The summed E-state index contributed by atoms with van der Waals surface area (Å²) >= 11 is 2.52. The quantitative estimate of drug-likeness (QED) is 0.598. The van der Waals surface area contributed by atoms with Gasteiger partial charge in [0.05, 0.1) is 0 Å². The molecule has 4 rings (SSSR count). The summed E-state index contributed by atoms with van der Waals surface area (Å²) in [5.74, 6) is -0.412. The predicted octanol–water partition coefficient (Wildman–Crippen LogP) is 2.55. The molecule has 2 unspecified atom stereocenters. The highest BCUT2D eigenvalue weighted by atomic mass is 32.2. The SMILES string of the molecule is CN1C(=O)C2(C)SC(=CC(=O)c3ccccc3)SC1(C)C(=O)N2C. The number of amides is 2. The van der Waals surface area contributed by atoms with Gasteiger partial charge in [0.15, 0.2) is 15.5 Å². The summed E-state index contributed by atoms with van der Waals surface area (Å²) in [4.78, 5) is 38.9. The fourth-order valence-electron chi connectivity index (χ4n) is 2.79. The van der Waals surface area contributed by atoms with Crippen LogP contribution in [0.5, 0.6) is 0 Å². The van der Waals surface area contributed by atoms with Crippen LogP contribution in [0.15, 0.2) is 40.6 Å². The third kappa shape index (κ3) is 2.38. The maximum atomic E-state index is 12.8. The van der Waals surface area contributed by atoms with Crippen molar-refractivity contribution in [3.8, 4) is 0 Å². The lowest BCUT2D eigenvalue weighted by molar-refractivity contribution is -0.161. The first-order valence-corrected chi connectivity index (χ1v) is 9.09. The van der Waals surface area contributed by atoms with Crippen LogP contribution in [0.25, 0.3) is 0 Å². The molecule has 24 heavy (non-hydrogen) atoms. The number of carbonyl (C=O) groups is 3. The molecular formula is C17H18N2O3S2. The standard InChI is InChI=1S/C17H18N2O3S2/c1-16-14(21)19(4)17(2,15(22)18(16)3)24-13(23-16)10-12(20)11-8-6-5-7-9-11/h5-10H,1-4H3. The number of hydrogen-bond acceptors (Lipinski definition) is 5. The van der Waals surface area contributed by atoms with Crippen molar-refractivity contribution in [3.05, 3.63) is 46.2 Å². The van der Waals surface area contributed by atoms with Crippen LogP contribution < -0.4 is 0 Å². The molecule has 2 bridgehead atoms. The molecule has 3 fully saturated rings. The van der Waals surface area contributed by atoms with Crippen LogP contribution in [0.1, 0.15) is 24.2 Å². The van der Waals surface area contributed by atoms with E-state index >= 15 is 0 Å². The Morgan fingerprint density at radius 1 is 0.958 bits per heavy atom. The fraction of sp³-hybridized carbons (Fsp3) is 0.353. The van der Waals surface area contributed by atoms with Crippen molar-refractivity contribution in [2.24, 2.45) is 0 Å². The van der Waals surface area contributed by atoms with E-state index < -0.39 is 9.74 Å². The Kier molecular flexibility index (Phi) is 4.04. The lowest BCUT2D eigenvalue weighted by Crippen LogP contribution is -2.69. The molecule has 5 nitrogen and oxygen atoms in total. The van der Waals surface area contributed by atoms with Crippen LogP contribution in [-0.2, 0) is 9.59 Å². The predicted molar refractivity (Wildman–Crippen MR) is 96.4 cm³/mol. The summed E-state index contributed by atoms with van der Waals surface area (Å²) < 4.78 is 0.671. The molecular weight excluding hydrogens is 344 g/mol. The van der Waals surface area contributed by atoms with Gasteiger partial charge in [0.2, 0.25) is 0 Å². The molecule has 1 aromatic carbocycles. The summed E-state index contributed by atoms with van der Waals surface area (Å²) in [6, 6.07) is 8.96. The van der Waals surface area contributed by atoms with Gasteiger partial charge in [0.25, 0.3) is 11.8 Å². The first-order valence-electron chi connectivity index (χ1n) is 7.46. The number of nitrogens with zero attached hydrogens (tertiary/aromatic N) is 2. The molecule has 3 aliphatic rings. The number of likely N-dealkylation sites (N-methyl/N-ethyl adjacent to an activating group) is 2. The molecule has 0 spiro atoms. The second-order valence-corrected chi connectivity index (χ2v) is 9.23. The normalized spacial score (nSPS) is 29.8. The Labute approximate surface area is 149 Å². The number of benzene rings is 1. The van der Waals surface area contributed by atoms with Crippen molar-refractivity contribution in [2.45, 2.75) is 23.6 Å². The highest BCUT2D eigenvalue weighted by molar-refractivity contribution is 8.24. The minimum Gasteiger partial charge on any atom is -0.320 e. The van der Waals surface area contributed by atoms with Gasteiger partial charge in [-0.15, -0.1) is 0 Å². The van der Waals surface area contributed by atoms with Gasteiger partial charge in [-0.25, -0.2) is 0 Å². The molecule has 2 amide bonds. The van der Waals surface area contributed by atoms with E-state index in [1.165, 1.54) is 39.4 Å². The smallest absolute Gasteiger partial charge is 0.260 e. The van der Waals surface area contributed by atoms with Crippen molar-refractivity contribution in [3.63, 3.8) is 0 Å². The summed E-state index contributed by atoms with van der Waals surface area (Å²) in [6.07, 6.45) is 1.53. The van der Waals surface area contributed by atoms with E-state index in [0.717, 1.165) is 0 Å². The zero-order valence-corrected chi connectivity index (χ0v) is 15.5. The van der Waals surface area contributed by atoms with Crippen molar-refractivity contribution < 1.29 is 14.4 Å². The summed E-state index contributed by atoms with van der Waals surface area (Å²) in [6.45, 7) is 3.45. The maximum Gasteiger partial charge on any atom is 0.260 e. The first kappa shape index (κ1) is 17.1. The Balaban J connectivity index is 2.04. The average molecular weight is 362 g/mol. The molecule has 3 aliphatic heterocycles. The Morgan fingerprint density at radius 2 is 1.42 bits per heavy atom. The van der Waals surface area contributed by atoms with E-state index in [1.807, 2.05) is 6.07 Å². The van der Waals surface area contributed by atoms with Crippen molar-refractivity contribution >= 4 is 41.1 Å². The van der Waals surface area contributed by atoms with E-state index in [9.17, 15) is 14.4 Å². The number of fused-ring (bicyclic) bond motifs is 4. The van der Waals surface area contributed by atoms with Gasteiger partial charge in [0.1, 0.15) is 0 Å². The maximum absolute atomic E-state index is 12.8. The number of thioether (sulfide) groups is 2. The largest absolute Gasteiger partial charge is 0.320 e. The minimum atomic E-state index is -1.04. The lowest BCUT2D eigenvalue weighted by Gasteiger charge is -2.48. The number of allylic oxidation sites excluding steroid dienone is 1. The lowest BCUT2D eigenvalue weighted by atomic mass is 10.1. The number of carbonyl (C=O) groups excluding carboxylic acids is 3. The Bertz CT molecular complexity index is 728. The van der Waals surface area contributed by atoms with Crippen LogP contribution in [0.2, 0.25) is 0 Å². The van der Waals surface area contributed by atoms with Crippen molar-refractivity contribution in [2.75, 3.05) is 14.1 Å². The third-order valence-corrected chi connectivity index (χ3v) is 7.42. The monoisotopic (exact) mass is 362 g/mol. The number of ketones is 1. The molecule has 1 aromatic rings. The average Bonchev–Trinajstić information content (AvgIpc) is 2.69. The molecule has 7 heteroatoms. The molecule has 126 valence electrons. The van der Waals surface area contributed by atoms with E-state index in [2.05, 4.69) is 0 Å². The number of piperazine rings is 1. The molecule has 0 saturated carbocycles. The summed E-state index contributed by atoms with van der Waals surface area (Å²) in [5.41, 5.74) is 0.581. The molecule has 0 radical (unpaired) electrons. The first-order chi connectivity index (χ1) is 11.2. The minimum absolute atomic E-state index is 0.135. The van der Waals surface area contributed by atoms with Gasteiger partial charge in [-0.1, -0.05) is 53.9 Å². The van der Waals surface area contributed by atoms with Gasteiger partial charge in [0, 0.05) is 30.0 Å². The molecule has 0 aromatic heterocycles. The van der Waals surface area contributed by atoms with E-state index in [-0.39, 0.29) is 17.6 Å². The van der Waals surface area contributed by atoms with E-state index in [4.69, 9.17) is 0 Å². The van der Waals surface area contributed by atoms with E-state index in [1.54, 1.807) is 52.2 Å². The molecule has 3 saturated heterocycles. The molecule has 0 N–H and O–H groups in total. The summed E-state index contributed by atoms with van der Waals surface area (Å²) in [5, 5.41) is 0. The van der Waals surface area contributed by atoms with Crippen LogP contribution in [-0.4, -0.2) is 51.2 Å². The van der Waals surface area contributed by atoms with Gasteiger partial charge in [-0.2, -0.15) is 0 Å². The molecule has 3 heterocycles. The van der Waals surface area contributed by atoms with Crippen LogP contribution in [0, 0.1) is 0 Å². The molecule has 0 aliphatic carbocycles. The van der Waals surface area contributed by atoms with Gasteiger partial charge in [-0.3, -0.25) is 14.4 Å². The highest BCUT2D eigenvalue weighted by Gasteiger charge is 2.61. The zero-order chi connectivity index (χ0) is 17.7. The third-order valence-electron chi connectivity index (χ3n) is 4.59.